The minimum absolute atomic E-state index is 0.270. The Balaban J connectivity index is 2.21. The maximum Gasteiger partial charge on any atom is 0.152 e. The van der Waals surface area contributed by atoms with Gasteiger partial charge >= 0.3 is 0 Å². The molecule has 5 heteroatoms. The van der Waals surface area contributed by atoms with Crippen molar-refractivity contribution in [2.75, 3.05) is 5.32 Å². The van der Waals surface area contributed by atoms with Gasteiger partial charge in [-0.05, 0) is 49.1 Å². The number of hydrogen-bond acceptors (Lipinski definition) is 3. The topological polar surface area (TPSA) is 37.8 Å². The Labute approximate surface area is 123 Å². The van der Waals surface area contributed by atoms with Gasteiger partial charge in [0.15, 0.2) is 5.82 Å². The SMILES string of the molecule is Cc1cc(C(C)C)nnc1N[C@@H](C)c1cc(F)cc(F)c1. The molecule has 1 heterocycles. The van der Waals surface area contributed by atoms with Crippen LogP contribution in [0.15, 0.2) is 24.3 Å². The summed E-state index contributed by atoms with van der Waals surface area (Å²) in [5.74, 6) is -0.246. The van der Waals surface area contributed by atoms with Crippen LogP contribution in [0.25, 0.3) is 0 Å². The summed E-state index contributed by atoms with van der Waals surface area (Å²) in [4.78, 5) is 0. The third-order valence-corrected chi connectivity index (χ3v) is 3.33. The summed E-state index contributed by atoms with van der Waals surface area (Å²) in [6.07, 6.45) is 0. The van der Waals surface area contributed by atoms with E-state index in [1.165, 1.54) is 12.1 Å². The molecule has 1 atom stereocenters. The molecule has 1 aromatic carbocycles. The summed E-state index contributed by atoms with van der Waals surface area (Å²) in [6, 6.07) is 5.18. The Bertz CT molecular complexity index is 621. The fourth-order valence-electron chi connectivity index (χ4n) is 2.04. The molecule has 0 spiro atoms. The van der Waals surface area contributed by atoms with Crippen LogP contribution in [0.2, 0.25) is 0 Å². The normalized spacial score (nSPS) is 12.5. The van der Waals surface area contributed by atoms with Crippen molar-refractivity contribution in [2.24, 2.45) is 0 Å². The molecule has 0 radical (unpaired) electrons. The molecule has 0 aliphatic heterocycles. The van der Waals surface area contributed by atoms with Gasteiger partial charge in [-0.25, -0.2) is 8.78 Å². The summed E-state index contributed by atoms with van der Waals surface area (Å²) in [6.45, 7) is 7.86. The first kappa shape index (κ1) is 15.4. The highest BCUT2D eigenvalue weighted by molar-refractivity contribution is 5.45. The molecule has 0 aliphatic rings. The highest BCUT2D eigenvalue weighted by atomic mass is 19.1. The van der Waals surface area contributed by atoms with Crippen LogP contribution >= 0.6 is 0 Å². The van der Waals surface area contributed by atoms with Crippen LogP contribution in [-0.4, -0.2) is 10.2 Å². The smallest absolute Gasteiger partial charge is 0.152 e. The van der Waals surface area contributed by atoms with Crippen molar-refractivity contribution < 1.29 is 8.78 Å². The molecule has 21 heavy (non-hydrogen) atoms. The number of halogens is 2. The molecular weight excluding hydrogens is 272 g/mol. The number of nitrogens with one attached hydrogen (secondary N) is 1. The largest absolute Gasteiger partial charge is 0.362 e. The lowest BCUT2D eigenvalue weighted by Gasteiger charge is -2.17. The number of nitrogens with zero attached hydrogens (tertiary/aromatic N) is 2. The molecule has 0 saturated carbocycles. The molecule has 0 saturated heterocycles. The van der Waals surface area contributed by atoms with Crippen molar-refractivity contribution in [3.63, 3.8) is 0 Å². The zero-order chi connectivity index (χ0) is 15.6. The third kappa shape index (κ3) is 3.74. The quantitative estimate of drug-likeness (QED) is 0.909. The van der Waals surface area contributed by atoms with E-state index in [2.05, 4.69) is 29.4 Å². The predicted octanol–water partition coefficient (Wildman–Crippen LogP) is 4.36. The molecule has 0 amide bonds. The first-order chi connectivity index (χ1) is 9.86. The van der Waals surface area contributed by atoms with E-state index in [4.69, 9.17) is 0 Å². The van der Waals surface area contributed by atoms with Gasteiger partial charge in [-0.3, -0.25) is 0 Å². The number of benzene rings is 1. The molecule has 1 N–H and O–H groups in total. The van der Waals surface area contributed by atoms with Gasteiger partial charge in [0.05, 0.1) is 11.7 Å². The fourth-order valence-corrected chi connectivity index (χ4v) is 2.04. The van der Waals surface area contributed by atoms with Crippen LogP contribution in [0.4, 0.5) is 14.6 Å². The van der Waals surface area contributed by atoms with E-state index in [9.17, 15) is 8.78 Å². The molecule has 0 unspecified atom stereocenters. The van der Waals surface area contributed by atoms with Crippen LogP contribution in [0, 0.1) is 18.6 Å². The van der Waals surface area contributed by atoms with Crippen molar-refractivity contribution >= 4 is 5.82 Å². The third-order valence-electron chi connectivity index (χ3n) is 3.33. The maximum atomic E-state index is 13.3. The first-order valence-corrected chi connectivity index (χ1v) is 6.93. The Morgan fingerprint density at radius 1 is 0.952 bits per heavy atom. The van der Waals surface area contributed by atoms with Gasteiger partial charge in [0, 0.05) is 6.07 Å². The summed E-state index contributed by atoms with van der Waals surface area (Å²) < 4.78 is 26.5. The van der Waals surface area contributed by atoms with Gasteiger partial charge in [0.1, 0.15) is 11.6 Å². The molecule has 2 aromatic rings. The first-order valence-electron chi connectivity index (χ1n) is 6.93. The number of aromatic nitrogens is 2. The Morgan fingerprint density at radius 3 is 2.10 bits per heavy atom. The Morgan fingerprint density at radius 2 is 1.57 bits per heavy atom. The van der Waals surface area contributed by atoms with Gasteiger partial charge in [-0.2, -0.15) is 5.10 Å². The van der Waals surface area contributed by atoms with E-state index in [1.54, 1.807) is 0 Å². The number of hydrogen-bond donors (Lipinski definition) is 1. The van der Waals surface area contributed by atoms with Crippen LogP contribution in [0.5, 0.6) is 0 Å². The lowest BCUT2D eigenvalue weighted by atomic mass is 10.1. The minimum atomic E-state index is -0.586. The van der Waals surface area contributed by atoms with E-state index in [0.717, 1.165) is 17.3 Å². The van der Waals surface area contributed by atoms with Crippen LogP contribution in [0.1, 0.15) is 49.6 Å². The summed E-state index contributed by atoms with van der Waals surface area (Å²) in [5.41, 5.74) is 2.40. The predicted molar refractivity (Wildman–Crippen MR) is 79.3 cm³/mol. The van der Waals surface area contributed by atoms with Gasteiger partial charge in [0.25, 0.3) is 0 Å². The average molecular weight is 291 g/mol. The molecule has 3 nitrogen and oxygen atoms in total. The van der Waals surface area contributed by atoms with Crippen molar-refractivity contribution in [3.8, 4) is 0 Å². The van der Waals surface area contributed by atoms with Crippen LogP contribution in [-0.2, 0) is 0 Å². The molecular formula is C16H19F2N3. The number of aryl methyl sites for hydroxylation is 1. The van der Waals surface area contributed by atoms with Crippen LogP contribution in [0.3, 0.4) is 0 Å². The van der Waals surface area contributed by atoms with Crippen LogP contribution < -0.4 is 5.32 Å². The van der Waals surface area contributed by atoms with Crippen molar-refractivity contribution in [1.29, 1.82) is 0 Å². The monoisotopic (exact) mass is 291 g/mol. The lowest BCUT2D eigenvalue weighted by molar-refractivity contribution is 0.577. The second-order valence-corrected chi connectivity index (χ2v) is 5.52. The zero-order valence-corrected chi connectivity index (χ0v) is 12.6. The van der Waals surface area contributed by atoms with Gasteiger partial charge in [-0.15, -0.1) is 5.10 Å². The summed E-state index contributed by atoms with van der Waals surface area (Å²) >= 11 is 0. The molecule has 0 fully saturated rings. The Hall–Kier alpha value is -2.04. The highest BCUT2D eigenvalue weighted by Gasteiger charge is 2.12. The van der Waals surface area contributed by atoms with E-state index < -0.39 is 11.6 Å². The molecule has 2 rings (SSSR count). The van der Waals surface area contributed by atoms with E-state index in [0.29, 0.717) is 17.3 Å². The van der Waals surface area contributed by atoms with E-state index in [1.807, 2.05) is 19.9 Å². The van der Waals surface area contributed by atoms with E-state index in [-0.39, 0.29) is 6.04 Å². The highest BCUT2D eigenvalue weighted by Crippen LogP contribution is 2.23. The summed E-state index contributed by atoms with van der Waals surface area (Å²) in [7, 11) is 0. The lowest BCUT2D eigenvalue weighted by Crippen LogP contribution is -2.11. The van der Waals surface area contributed by atoms with Gasteiger partial charge < -0.3 is 5.32 Å². The van der Waals surface area contributed by atoms with E-state index >= 15 is 0 Å². The zero-order valence-electron chi connectivity index (χ0n) is 12.6. The average Bonchev–Trinajstić information content (AvgIpc) is 2.39. The minimum Gasteiger partial charge on any atom is -0.362 e. The van der Waals surface area contributed by atoms with Crippen molar-refractivity contribution in [2.45, 2.75) is 39.7 Å². The molecule has 112 valence electrons. The van der Waals surface area contributed by atoms with Gasteiger partial charge in [0.2, 0.25) is 0 Å². The fraction of sp³-hybridized carbons (Fsp3) is 0.375. The molecule has 0 bridgehead atoms. The second-order valence-electron chi connectivity index (χ2n) is 5.52. The van der Waals surface area contributed by atoms with Crippen molar-refractivity contribution in [1.82, 2.24) is 10.2 Å². The second kappa shape index (κ2) is 6.16. The Kier molecular flexibility index (Phi) is 4.50. The standard InChI is InChI=1S/C16H19F2N3/c1-9(2)15-5-10(3)16(21-20-15)19-11(4)12-6-13(17)8-14(18)7-12/h5-9,11H,1-4H3,(H,19,21)/t11-/m0/s1. The number of rotatable bonds is 4. The molecule has 1 aromatic heterocycles. The van der Waals surface area contributed by atoms with Crippen molar-refractivity contribution in [3.05, 3.63) is 52.7 Å². The van der Waals surface area contributed by atoms with Gasteiger partial charge in [-0.1, -0.05) is 13.8 Å². The summed E-state index contributed by atoms with van der Waals surface area (Å²) in [5, 5.41) is 11.5. The maximum absolute atomic E-state index is 13.3. The number of anilines is 1. The molecule has 0 aliphatic carbocycles.